The van der Waals surface area contributed by atoms with Crippen molar-refractivity contribution >= 4 is 25.7 Å². The van der Waals surface area contributed by atoms with E-state index in [-0.39, 0.29) is 12.8 Å². The highest BCUT2D eigenvalue weighted by Gasteiger charge is 2.28. The predicted molar refractivity (Wildman–Crippen MR) is 167 cm³/mol. The Morgan fingerprint density at radius 2 is 1.07 bits per heavy atom. The lowest BCUT2D eigenvalue weighted by Gasteiger charge is -2.18. The van der Waals surface area contributed by atoms with E-state index in [1.54, 1.807) is 0 Å². The second-order valence-electron chi connectivity index (χ2n) is 11.4. The molecule has 254 valence electrons. The van der Waals surface area contributed by atoms with Gasteiger partial charge in [-0.25, -0.2) is 9.36 Å². The largest absolute Gasteiger partial charge is 0.480 e. The molecule has 11 nitrogen and oxygen atoms in total. The van der Waals surface area contributed by atoms with Crippen LogP contribution in [0.25, 0.3) is 0 Å². The number of carbonyl (C=O) groups is 3. The van der Waals surface area contributed by atoms with E-state index >= 15 is 0 Å². The Morgan fingerprint density at radius 3 is 1.53 bits per heavy atom. The number of phosphoric ester groups is 1. The fourth-order valence-corrected chi connectivity index (χ4v) is 5.26. The van der Waals surface area contributed by atoms with Crippen molar-refractivity contribution in [1.82, 2.24) is 5.32 Å². The minimum Gasteiger partial charge on any atom is -0.480 e. The Balaban J connectivity index is 4.03. The van der Waals surface area contributed by atoms with E-state index in [1.165, 1.54) is 70.6 Å². The van der Waals surface area contributed by atoms with Crippen molar-refractivity contribution in [3.63, 3.8) is 0 Å². The van der Waals surface area contributed by atoms with E-state index in [0.29, 0.717) is 12.8 Å². The number of esters is 1. The standard InChI is InChI=1S/C31H60NO10P/c1-3-5-7-9-11-12-13-14-15-17-18-20-22-29(34)32-28(31(36)37)26-42-43(38,39)41-25-27(33)24-40-30(35)23-21-19-16-10-8-6-4-2/h27-28,33H,3-26H2,1-2H3,(H,32,34)(H,36,37)(H,38,39). The third-order valence-corrected chi connectivity index (χ3v) is 8.10. The predicted octanol–water partition coefficient (Wildman–Crippen LogP) is 6.83. The molecule has 0 aromatic rings. The summed E-state index contributed by atoms with van der Waals surface area (Å²) in [5.41, 5.74) is 0. The summed E-state index contributed by atoms with van der Waals surface area (Å²) < 4.78 is 26.5. The van der Waals surface area contributed by atoms with Gasteiger partial charge in [0.25, 0.3) is 0 Å². The summed E-state index contributed by atoms with van der Waals surface area (Å²) in [6.07, 6.45) is 20.2. The molecule has 12 heteroatoms. The number of carboxylic acid groups (broad SMARTS) is 1. The van der Waals surface area contributed by atoms with Crippen molar-refractivity contribution in [1.29, 1.82) is 0 Å². The van der Waals surface area contributed by atoms with Crippen LogP contribution in [0.15, 0.2) is 0 Å². The van der Waals surface area contributed by atoms with Gasteiger partial charge in [-0.2, -0.15) is 0 Å². The third-order valence-electron chi connectivity index (χ3n) is 7.15. The van der Waals surface area contributed by atoms with Crippen molar-refractivity contribution in [2.75, 3.05) is 19.8 Å². The Kier molecular flexibility index (Phi) is 27.0. The first-order valence-corrected chi connectivity index (χ1v) is 18.1. The second kappa shape index (κ2) is 28.0. The van der Waals surface area contributed by atoms with Crippen molar-refractivity contribution in [3.8, 4) is 0 Å². The number of aliphatic carboxylic acids is 1. The Hall–Kier alpha value is -1.52. The van der Waals surface area contributed by atoms with Gasteiger partial charge in [-0.15, -0.1) is 0 Å². The van der Waals surface area contributed by atoms with Gasteiger partial charge < -0.3 is 25.2 Å². The van der Waals surface area contributed by atoms with Crippen LogP contribution < -0.4 is 5.32 Å². The number of hydrogen-bond acceptors (Lipinski definition) is 8. The van der Waals surface area contributed by atoms with Crippen LogP contribution >= 0.6 is 7.82 Å². The molecule has 0 fully saturated rings. The summed E-state index contributed by atoms with van der Waals surface area (Å²) in [7, 11) is -4.73. The average Bonchev–Trinajstić information content (AvgIpc) is 2.97. The number of rotatable bonds is 31. The van der Waals surface area contributed by atoms with Gasteiger partial charge >= 0.3 is 19.8 Å². The quantitative estimate of drug-likeness (QED) is 0.0359. The maximum absolute atomic E-state index is 12.2. The molecule has 0 aromatic heterocycles. The molecule has 1 amide bonds. The molecule has 0 radical (unpaired) electrons. The van der Waals surface area contributed by atoms with E-state index in [4.69, 9.17) is 13.8 Å². The number of aliphatic hydroxyl groups is 1. The fourth-order valence-electron chi connectivity index (χ4n) is 4.49. The molecule has 0 rings (SSSR count). The van der Waals surface area contributed by atoms with Crippen molar-refractivity contribution in [2.24, 2.45) is 0 Å². The number of nitrogens with one attached hydrogen (secondary N) is 1. The van der Waals surface area contributed by atoms with Crippen LogP contribution in [0.2, 0.25) is 0 Å². The molecule has 3 unspecified atom stereocenters. The highest BCUT2D eigenvalue weighted by Crippen LogP contribution is 2.43. The van der Waals surface area contributed by atoms with Crippen LogP contribution in [0.4, 0.5) is 0 Å². The lowest BCUT2D eigenvalue weighted by Crippen LogP contribution is -2.43. The first-order valence-electron chi connectivity index (χ1n) is 16.6. The average molecular weight is 638 g/mol. The number of amides is 1. The summed E-state index contributed by atoms with van der Waals surface area (Å²) in [6.45, 7) is 2.49. The summed E-state index contributed by atoms with van der Waals surface area (Å²) in [5.74, 6) is -2.37. The van der Waals surface area contributed by atoms with Gasteiger partial charge in [0.1, 0.15) is 12.7 Å². The molecular formula is C31H60NO10P. The number of carbonyl (C=O) groups excluding carboxylic acids is 2. The van der Waals surface area contributed by atoms with Gasteiger partial charge in [0, 0.05) is 12.8 Å². The van der Waals surface area contributed by atoms with Gasteiger partial charge in [-0.3, -0.25) is 18.6 Å². The van der Waals surface area contributed by atoms with Crippen molar-refractivity contribution in [3.05, 3.63) is 0 Å². The van der Waals surface area contributed by atoms with Crippen LogP contribution in [0.3, 0.4) is 0 Å². The fraction of sp³-hybridized carbons (Fsp3) is 0.903. The van der Waals surface area contributed by atoms with E-state index < -0.39 is 57.6 Å². The van der Waals surface area contributed by atoms with Crippen molar-refractivity contribution < 1.29 is 47.8 Å². The zero-order valence-electron chi connectivity index (χ0n) is 26.8. The summed E-state index contributed by atoms with van der Waals surface area (Å²) in [6, 6.07) is -1.54. The first-order chi connectivity index (χ1) is 20.6. The number of unbranched alkanes of at least 4 members (excludes halogenated alkanes) is 17. The zero-order chi connectivity index (χ0) is 32.2. The molecule has 0 aromatic carbocycles. The minimum atomic E-state index is -4.73. The lowest BCUT2D eigenvalue weighted by atomic mass is 10.0. The number of aliphatic hydroxyl groups excluding tert-OH is 1. The molecule has 0 spiro atoms. The summed E-state index contributed by atoms with van der Waals surface area (Å²) in [4.78, 5) is 45.3. The SMILES string of the molecule is CCCCCCCCCCCCCCC(=O)NC(COP(=O)(O)OCC(O)COC(=O)CCCCCCCCC)C(=O)O. The maximum Gasteiger partial charge on any atom is 0.472 e. The molecule has 0 aliphatic heterocycles. The van der Waals surface area contributed by atoms with Gasteiger partial charge in [0.05, 0.1) is 13.2 Å². The van der Waals surface area contributed by atoms with Gasteiger partial charge in [-0.05, 0) is 12.8 Å². The Morgan fingerprint density at radius 1 is 0.651 bits per heavy atom. The normalized spacial score (nSPS) is 14.1. The third kappa shape index (κ3) is 27.7. The van der Waals surface area contributed by atoms with Gasteiger partial charge in [0.15, 0.2) is 6.04 Å². The molecule has 0 saturated carbocycles. The van der Waals surface area contributed by atoms with Gasteiger partial charge in [0.2, 0.25) is 5.91 Å². The van der Waals surface area contributed by atoms with E-state index in [9.17, 15) is 34.1 Å². The Labute approximate surface area is 259 Å². The molecule has 3 atom stereocenters. The summed E-state index contributed by atoms with van der Waals surface area (Å²) in [5, 5.41) is 21.6. The second-order valence-corrected chi connectivity index (χ2v) is 12.8. The molecular weight excluding hydrogens is 577 g/mol. The van der Waals surface area contributed by atoms with Crippen LogP contribution in [0.5, 0.6) is 0 Å². The van der Waals surface area contributed by atoms with Gasteiger partial charge in [-0.1, -0.05) is 123 Å². The smallest absolute Gasteiger partial charge is 0.472 e. The van der Waals surface area contributed by atoms with Crippen LogP contribution in [0.1, 0.15) is 149 Å². The summed E-state index contributed by atoms with van der Waals surface area (Å²) >= 11 is 0. The molecule has 4 N–H and O–H groups in total. The maximum atomic E-state index is 12.2. The molecule has 0 aliphatic carbocycles. The minimum absolute atomic E-state index is 0.151. The van der Waals surface area contributed by atoms with E-state index in [0.717, 1.165) is 38.5 Å². The van der Waals surface area contributed by atoms with Crippen LogP contribution in [-0.4, -0.2) is 64.9 Å². The molecule has 0 saturated heterocycles. The van der Waals surface area contributed by atoms with E-state index in [2.05, 4.69) is 19.2 Å². The van der Waals surface area contributed by atoms with E-state index in [1.807, 2.05) is 0 Å². The topological polar surface area (TPSA) is 169 Å². The number of ether oxygens (including phenoxy) is 1. The molecule has 0 aliphatic rings. The zero-order valence-corrected chi connectivity index (χ0v) is 27.7. The molecule has 43 heavy (non-hydrogen) atoms. The van der Waals surface area contributed by atoms with Crippen LogP contribution in [-0.2, 0) is 32.7 Å². The van der Waals surface area contributed by atoms with Crippen molar-refractivity contribution in [2.45, 2.75) is 161 Å². The number of phosphoric acid groups is 1. The number of carboxylic acids is 1. The highest BCUT2D eigenvalue weighted by molar-refractivity contribution is 7.47. The Bertz CT molecular complexity index is 767. The lowest BCUT2D eigenvalue weighted by molar-refractivity contribution is -0.147. The number of hydrogen-bond donors (Lipinski definition) is 4. The molecule has 0 bridgehead atoms. The first kappa shape index (κ1) is 41.5. The van der Waals surface area contributed by atoms with Crippen LogP contribution in [0, 0.1) is 0 Å². The highest BCUT2D eigenvalue weighted by atomic mass is 31.2. The molecule has 0 heterocycles. The monoisotopic (exact) mass is 637 g/mol.